The van der Waals surface area contributed by atoms with E-state index >= 15 is 0 Å². The first-order chi connectivity index (χ1) is 5.83. The van der Waals surface area contributed by atoms with Gasteiger partial charge in [0.15, 0.2) is 0 Å². The summed E-state index contributed by atoms with van der Waals surface area (Å²) in [5.74, 6) is 0.901. The average Bonchev–Trinajstić information content (AvgIpc) is 2.09. The highest BCUT2D eigenvalue weighted by atomic mass is 16.5. The monoisotopic (exact) mass is 160 g/mol. The first kappa shape index (κ1) is 9.18. The van der Waals surface area contributed by atoms with Crippen LogP contribution in [0.25, 0.3) is 0 Å². The van der Waals surface area contributed by atoms with Crippen LogP contribution in [0.15, 0.2) is 24.3 Å². The molecule has 12 heavy (non-hydrogen) atoms. The van der Waals surface area contributed by atoms with Crippen LogP contribution in [0.1, 0.15) is 19.8 Å². The molecule has 1 aromatic carbocycles. The largest absolute Gasteiger partial charge is 0.494 e. The van der Waals surface area contributed by atoms with Gasteiger partial charge in [-0.2, -0.15) is 0 Å². The van der Waals surface area contributed by atoms with Crippen LogP contribution >= 0.6 is 0 Å². The van der Waals surface area contributed by atoms with Crippen molar-refractivity contribution in [1.82, 2.24) is 0 Å². The van der Waals surface area contributed by atoms with E-state index in [9.17, 15) is 0 Å². The Labute approximate surface area is 75.2 Å². The molecule has 0 saturated carbocycles. The summed E-state index contributed by atoms with van der Waals surface area (Å²) in [7, 11) is 5.53. The Hall–Kier alpha value is -0.915. The first-order valence-corrected chi connectivity index (χ1v) is 4.31. The zero-order valence-corrected chi connectivity index (χ0v) is 7.42. The second kappa shape index (κ2) is 4.86. The summed E-state index contributed by atoms with van der Waals surface area (Å²) in [6.07, 6.45) is 2.26. The van der Waals surface area contributed by atoms with Crippen LogP contribution in [0, 0.1) is 0 Å². The lowest BCUT2D eigenvalue weighted by Crippen LogP contribution is -2.01. The van der Waals surface area contributed by atoms with E-state index in [1.54, 1.807) is 0 Å². The molecule has 0 unspecified atom stereocenters. The summed E-state index contributed by atoms with van der Waals surface area (Å²) in [6.45, 7) is 2.94. The van der Waals surface area contributed by atoms with Crippen molar-refractivity contribution in [2.45, 2.75) is 19.8 Å². The van der Waals surface area contributed by atoms with Gasteiger partial charge in [0.2, 0.25) is 0 Å². The molecular weight excluding hydrogens is 147 g/mol. The second-order valence-electron chi connectivity index (χ2n) is 2.77. The highest BCUT2D eigenvalue weighted by Gasteiger charge is 1.90. The summed E-state index contributed by atoms with van der Waals surface area (Å²) in [5.41, 5.74) is 0.776. The van der Waals surface area contributed by atoms with Crippen molar-refractivity contribution in [2.75, 3.05) is 6.61 Å². The minimum Gasteiger partial charge on any atom is -0.494 e. The maximum absolute atomic E-state index is 5.53. The van der Waals surface area contributed by atoms with Gasteiger partial charge in [-0.3, -0.25) is 0 Å². The smallest absolute Gasteiger partial charge is 0.119 e. The molecule has 0 spiro atoms. The molecule has 1 rings (SSSR count). The van der Waals surface area contributed by atoms with Crippen molar-refractivity contribution in [3.8, 4) is 5.75 Å². The molecule has 62 valence electrons. The average molecular weight is 160 g/mol. The zero-order valence-electron chi connectivity index (χ0n) is 7.42. The molecule has 0 aliphatic heterocycles. The molecule has 0 heterocycles. The Balaban J connectivity index is 2.37. The molecule has 1 aromatic rings. The Kier molecular flexibility index (Phi) is 3.72. The summed E-state index contributed by atoms with van der Waals surface area (Å²) < 4.78 is 5.45. The third-order valence-corrected chi connectivity index (χ3v) is 1.65. The van der Waals surface area contributed by atoms with E-state index in [1.165, 1.54) is 0 Å². The Morgan fingerprint density at radius 3 is 2.50 bits per heavy atom. The van der Waals surface area contributed by atoms with Crippen molar-refractivity contribution >= 4 is 13.3 Å². The molecule has 2 radical (unpaired) electrons. The molecular formula is C10H13BO. The second-order valence-corrected chi connectivity index (χ2v) is 2.77. The zero-order chi connectivity index (χ0) is 8.81. The molecule has 0 aliphatic rings. The molecule has 0 atom stereocenters. The standard InChI is InChI=1S/C10H13BO/c1-2-3-8-12-10-6-4-9(11)5-7-10/h4-7H,2-3,8H2,1H3. The molecule has 0 saturated heterocycles. The minimum atomic E-state index is 0.776. The first-order valence-electron chi connectivity index (χ1n) is 4.31. The third-order valence-electron chi connectivity index (χ3n) is 1.65. The van der Waals surface area contributed by atoms with Crippen LogP contribution in [-0.2, 0) is 0 Å². The SMILES string of the molecule is [B]c1ccc(OCCCC)cc1. The van der Waals surface area contributed by atoms with Gasteiger partial charge in [-0.1, -0.05) is 30.9 Å². The Morgan fingerprint density at radius 2 is 1.92 bits per heavy atom. The molecule has 0 amide bonds. The van der Waals surface area contributed by atoms with Gasteiger partial charge in [0, 0.05) is 0 Å². The Morgan fingerprint density at radius 1 is 1.25 bits per heavy atom. The van der Waals surface area contributed by atoms with Crippen LogP contribution in [0.4, 0.5) is 0 Å². The maximum Gasteiger partial charge on any atom is 0.119 e. The van der Waals surface area contributed by atoms with Crippen molar-refractivity contribution in [1.29, 1.82) is 0 Å². The van der Waals surface area contributed by atoms with Crippen LogP contribution in [-0.4, -0.2) is 14.5 Å². The maximum atomic E-state index is 5.53. The van der Waals surface area contributed by atoms with E-state index in [0.717, 1.165) is 30.7 Å². The number of ether oxygens (including phenoxy) is 1. The van der Waals surface area contributed by atoms with Gasteiger partial charge in [0.1, 0.15) is 13.6 Å². The van der Waals surface area contributed by atoms with Gasteiger partial charge in [-0.05, 0) is 18.6 Å². The van der Waals surface area contributed by atoms with Crippen molar-refractivity contribution in [2.24, 2.45) is 0 Å². The van der Waals surface area contributed by atoms with Gasteiger partial charge >= 0.3 is 0 Å². The van der Waals surface area contributed by atoms with Crippen molar-refractivity contribution in [3.05, 3.63) is 24.3 Å². The normalized spacial score (nSPS) is 9.75. The topological polar surface area (TPSA) is 9.23 Å². The number of hydrogen-bond donors (Lipinski definition) is 0. The summed E-state index contributed by atoms with van der Waals surface area (Å²) >= 11 is 0. The third kappa shape index (κ3) is 2.99. The predicted molar refractivity (Wildman–Crippen MR) is 52.2 cm³/mol. The highest BCUT2D eigenvalue weighted by molar-refractivity contribution is 6.32. The summed E-state index contributed by atoms with van der Waals surface area (Å²) in [6, 6.07) is 7.48. The number of hydrogen-bond acceptors (Lipinski definition) is 1. The lowest BCUT2D eigenvalue weighted by Gasteiger charge is -2.04. The van der Waals surface area contributed by atoms with Crippen LogP contribution in [0.2, 0.25) is 0 Å². The van der Waals surface area contributed by atoms with E-state index in [0.29, 0.717) is 0 Å². The molecule has 0 N–H and O–H groups in total. The highest BCUT2D eigenvalue weighted by Crippen LogP contribution is 2.07. The number of rotatable bonds is 4. The van der Waals surface area contributed by atoms with Gasteiger partial charge in [-0.25, -0.2) is 0 Å². The molecule has 0 fully saturated rings. The lowest BCUT2D eigenvalue weighted by atomic mass is 9.97. The molecule has 1 nitrogen and oxygen atoms in total. The van der Waals surface area contributed by atoms with Crippen LogP contribution < -0.4 is 10.2 Å². The fourth-order valence-electron chi connectivity index (χ4n) is 0.898. The van der Waals surface area contributed by atoms with Crippen LogP contribution in [0.3, 0.4) is 0 Å². The van der Waals surface area contributed by atoms with E-state index < -0.39 is 0 Å². The van der Waals surface area contributed by atoms with Crippen LogP contribution in [0.5, 0.6) is 5.75 Å². The molecule has 0 bridgehead atoms. The fourth-order valence-corrected chi connectivity index (χ4v) is 0.898. The minimum absolute atomic E-state index is 0.776. The molecule has 0 aromatic heterocycles. The van der Waals surface area contributed by atoms with Gasteiger partial charge < -0.3 is 4.74 Å². The van der Waals surface area contributed by atoms with E-state index in [-0.39, 0.29) is 0 Å². The molecule has 0 aliphatic carbocycles. The van der Waals surface area contributed by atoms with Crippen molar-refractivity contribution in [3.63, 3.8) is 0 Å². The van der Waals surface area contributed by atoms with Crippen molar-refractivity contribution < 1.29 is 4.74 Å². The molecule has 2 heteroatoms. The van der Waals surface area contributed by atoms with E-state index in [2.05, 4.69) is 6.92 Å². The van der Waals surface area contributed by atoms with E-state index in [4.69, 9.17) is 12.6 Å². The fraction of sp³-hybridized carbons (Fsp3) is 0.400. The van der Waals surface area contributed by atoms with Gasteiger partial charge in [-0.15, -0.1) is 0 Å². The number of benzene rings is 1. The van der Waals surface area contributed by atoms with Gasteiger partial charge in [0.05, 0.1) is 6.61 Å². The predicted octanol–water partition coefficient (Wildman–Crippen LogP) is 1.66. The Bertz CT molecular complexity index is 218. The summed E-state index contributed by atoms with van der Waals surface area (Å²) in [5, 5.41) is 0. The van der Waals surface area contributed by atoms with E-state index in [1.807, 2.05) is 24.3 Å². The lowest BCUT2D eigenvalue weighted by molar-refractivity contribution is 0.309. The number of unbranched alkanes of at least 4 members (excludes halogenated alkanes) is 1. The quantitative estimate of drug-likeness (QED) is 0.480. The summed E-state index contributed by atoms with van der Waals surface area (Å²) in [4.78, 5) is 0. The van der Waals surface area contributed by atoms with Gasteiger partial charge in [0.25, 0.3) is 0 Å².